The van der Waals surface area contributed by atoms with Crippen LogP contribution in [0.4, 0.5) is 5.69 Å². The molecular formula is C28H24N2O6. The van der Waals surface area contributed by atoms with Crippen molar-refractivity contribution in [3.8, 4) is 11.1 Å². The van der Waals surface area contributed by atoms with E-state index in [9.17, 15) is 19.2 Å². The number of anilines is 1. The van der Waals surface area contributed by atoms with Gasteiger partial charge in [-0.05, 0) is 48.2 Å². The summed E-state index contributed by atoms with van der Waals surface area (Å²) in [6.07, 6.45) is 0. The lowest BCUT2D eigenvalue weighted by Gasteiger charge is -2.16. The summed E-state index contributed by atoms with van der Waals surface area (Å²) in [5.74, 6) is -1.83. The Morgan fingerprint density at radius 2 is 1.44 bits per heavy atom. The van der Waals surface area contributed by atoms with Gasteiger partial charge in [-0.2, -0.15) is 0 Å². The van der Waals surface area contributed by atoms with E-state index in [1.807, 2.05) is 30.3 Å². The summed E-state index contributed by atoms with van der Waals surface area (Å²) in [6.45, 7) is 1.41. The molecular weight excluding hydrogens is 460 g/mol. The lowest BCUT2D eigenvalue weighted by Crippen LogP contribution is -2.28. The molecule has 0 aliphatic rings. The lowest BCUT2D eigenvalue weighted by atomic mass is 9.97. The van der Waals surface area contributed by atoms with Gasteiger partial charge in [0, 0.05) is 23.7 Å². The molecule has 0 unspecified atom stereocenters. The number of amides is 1. The van der Waals surface area contributed by atoms with E-state index in [1.165, 1.54) is 23.7 Å². The van der Waals surface area contributed by atoms with Crippen LogP contribution in [0.3, 0.4) is 0 Å². The van der Waals surface area contributed by atoms with Gasteiger partial charge in [0.1, 0.15) is 5.69 Å². The minimum atomic E-state index is -0.799. The third-order valence-corrected chi connectivity index (χ3v) is 5.57. The Kier molecular flexibility index (Phi) is 7.25. The fourth-order valence-electron chi connectivity index (χ4n) is 3.90. The molecule has 0 saturated heterocycles. The van der Waals surface area contributed by atoms with Gasteiger partial charge in [0.2, 0.25) is 0 Å². The highest BCUT2D eigenvalue weighted by Gasteiger charge is 2.23. The lowest BCUT2D eigenvalue weighted by molar-refractivity contribution is -0.119. The molecule has 1 N–H and O–H groups in total. The highest BCUT2D eigenvalue weighted by Crippen LogP contribution is 2.30. The van der Waals surface area contributed by atoms with Crippen molar-refractivity contribution in [1.82, 2.24) is 4.57 Å². The molecule has 0 bridgehead atoms. The molecule has 0 aliphatic carbocycles. The predicted octanol–water partition coefficient (Wildman–Crippen LogP) is 4.18. The van der Waals surface area contributed by atoms with Crippen LogP contribution in [0.15, 0.2) is 83.7 Å². The summed E-state index contributed by atoms with van der Waals surface area (Å²) >= 11 is 0. The molecule has 4 aromatic rings. The van der Waals surface area contributed by atoms with Crippen molar-refractivity contribution in [1.29, 1.82) is 0 Å². The monoisotopic (exact) mass is 484 g/mol. The maximum Gasteiger partial charge on any atom is 0.356 e. The highest BCUT2D eigenvalue weighted by molar-refractivity contribution is 6.07. The molecule has 0 fully saturated rings. The van der Waals surface area contributed by atoms with Crippen molar-refractivity contribution in [3.05, 3.63) is 100 Å². The van der Waals surface area contributed by atoms with E-state index < -0.39 is 24.5 Å². The second-order valence-electron chi connectivity index (χ2n) is 7.92. The average molecular weight is 485 g/mol. The molecule has 4 rings (SSSR count). The topological polar surface area (TPSA) is 104 Å². The number of nitrogens with zero attached hydrogens (tertiary/aromatic N) is 1. The summed E-state index contributed by atoms with van der Waals surface area (Å²) in [5.41, 5.74) is 1.77. The van der Waals surface area contributed by atoms with E-state index in [4.69, 9.17) is 9.47 Å². The van der Waals surface area contributed by atoms with Crippen LogP contribution < -0.4 is 10.9 Å². The van der Waals surface area contributed by atoms with Crippen molar-refractivity contribution < 1.29 is 23.9 Å². The van der Waals surface area contributed by atoms with Crippen LogP contribution in [-0.4, -0.2) is 35.6 Å². The van der Waals surface area contributed by atoms with Crippen molar-refractivity contribution in [2.24, 2.45) is 7.05 Å². The van der Waals surface area contributed by atoms with Crippen LogP contribution in [0.25, 0.3) is 21.9 Å². The standard InChI is InChI=1S/C28H24N2O6/c1-3-35-27(33)19-13-15-20(16-14-19)29-23(31)17-36-28(34)25-24(18-9-5-4-6-10-18)21-11-7-8-12-22(21)26(32)30(25)2/h4-16H,3,17H2,1-2H3,(H,29,31). The van der Waals surface area contributed by atoms with Gasteiger partial charge in [-0.3, -0.25) is 9.59 Å². The van der Waals surface area contributed by atoms with E-state index in [0.29, 0.717) is 27.6 Å². The minimum Gasteiger partial charge on any atom is -0.462 e. The largest absolute Gasteiger partial charge is 0.462 e. The molecule has 8 nitrogen and oxygen atoms in total. The number of rotatable bonds is 7. The summed E-state index contributed by atoms with van der Waals surface area (Å²) in [6, 6.07) is 22.4. The SMILES string of the molecule is CCOC(=O)c1ccc(NC(=O)COC(=O)c2c(-c3ccccc3)c3ccccc3c(=O)n2C)cc1. The number of ether oxygens (including phenoxy) is 2. The van der Waals surface area contributed by atoms with Crippen LogP contribution in [0.1, 0.15) is 27.8 Å². The van der Waals surface area contributed by atoms with E-state index in [2.05, 4.69) is 5.32 Å². The van der Waals surface area contributed by atoms with Gasteiger partial charge in [0.25, 0.3) is 11.5 Å². The summed E-state index contributed by atoms with van der Waals surface area (Å²) in [4.78, 5) is 50.4. The number of benzene rings is 3. The van der Waals surface area contributed by atoms with Gasteiger partial charge in [-0.15, -0.1) is 0 Å². The van der Waals surface area contributed by atoms with E-state index in [0.717, 1.165) is 5.56 Å². The normalized spacial score (nSPS) is 10.6. The van der Waals surface area contributed by atoms with E-state index >= 15 is 0 Å². The van der Waals surface area contributed by atoms with Gasteiger partial charge in [0.15, 0.2) is 6.61 Å². The Morgan fingerprint density at radius 3 is 2.11 bits per heavy atom. The number of nitrogens with one attached hydrogen (secondary N) is 1. The minimum absolute atomic E-state index is 0.0523. The number of fused-ring (bicyclic) bond motifs is 1. The Morgan fingerprint density at radius 1 is 0.806 bits per heavy atom. The Labute approximate surface area is 207 Å². The van der Waals surface area contributed by atoms with Crippen molar-refractivity contribution in [2.75, 3.05) is 18.5 Å². The number of pyridine rings is 1. The Hall–Kier alpha value is -4.72. The Bertz CT molecular complexity index is 1490. The van der Waals surface area contributed by atoms with Crippen LogP contribution in [0.2, 0.25) is 0 Å². The zero-order chi connectivity index (χ0) is 25.7. The quantitative estimate of drug-likeness (QED) is 0.395. The molecule has 1 aromatic heterocycles. The molecule has 3 aromatic carbocycles. The first-order valence-corrected chi connectivity index (χ1v) is 11.3. The summed E-state index contributed by atoms with van der Waals surface area (Å²) in [7, 11) is 1.50. The van der Waals surface area contributed by atoms with Crippen molar-refractivity contribution in [2.45, 2.75) is 6.92 Å². The second kappa shape index (κ2) is 10.7. The van der Waals surface area contributed by atoms with E-state index in [-0.39, 0.29) is 17.9 Å². The van der Waals surface area contributed by atoms with Crippen molar-refractivity contribution in [3.63, 3.8) is 0 Å². The molecule has 8 heteroatoms. The zero-order valence-corrected chi connectivity index (χ0v) is 19.8. The van der Waals surface area contributed by atoms with Gasteiger partial charge in [-0.25, -0.2) is 9.59 Å². The molecule has 1 heterocycles. The van der Waals surface area contributed by atoms with Gasteiger partial charge < -0.3 is 19.4 Å². The number of esters is 2. The number of hydrogen-bond donors (Lipinski definition) is 1. The Balaban J connectivity index is 1.56. The first kappa shape index (κ1) is 24.4. The second-order valence-corrected chi connectivity index (χ2v) is 7.92. The molecule has 0 atom stereocenters. The molecule has 36 heavy (non-hydrogen) atoms. The maximum absolute atomic E-state index is 13.2. The maximum atomic E-state index is 13.2. The fourth-order valence-corrected chi connectivity index (χ4v) is 3.90. The van der Waals surface area contributed by atoms with Gasteiger partial charge in [-0.1, -0.05) is 48.5 Å². The number of hydrogen-bond acceptors (Lipinski definition) is 6. The average Bonchev–Trinajstić information content (AvgIpc) is 2.90. The predicted molar refractivity (Wildman–Crippen MR) is 136 cm³/mol. The molecule has 0 saturated carbocycles. The van der Waals surface area contributed by atoms with Crippen LogP contribution in [0, 0.1) is 0 Å². The van der Waals surface area contributed by atoms with E-state index in [1.54, 1.807) is 43.3 Å². The van der Waals surface area contributed by atoms with Crippen LogP contribution >= 0.6 is 0 Å². The third-order valence-electron chi connectivity index (χ3n) is 5.57. The number of carbonyl (C=O) groups is 3. The molecule has 0 radical (unpaired) electrons. The fraction of sp³-hybridized carbons (Fsp3) is 0.143. The smallest absolute Gasteiger partial charge is 0.356 e. The zero-order valence-electron chi connectivity index (χ0n) is 19.8. The third kappa shape index (κ3) is 5.02. The van der Waals surface area contributed by atoms with Crippen molar-refractivity contribution >= 4 is 34.3 Å². The molecule has 182 valence electrons. The number of aromatic nitrogens is 1. The molecule has 1 amide bonds. The first-order valence-electron chi connectivity index (χ1n) is 11.3. The van der Waals surface area contributed by atoms with Gasteiger partial charge in [0.05, 0.1) is 12.2 Å². The summed E-state index contributed by atoms with van der Waals surface area (Å²) < 4.78 is 11.5. The summed E-state index contributed by atoms with van der Waals surface area (Å²) in [5, 5.41) is 3.70. The molecule has 0 aliphatic heterocycles. The van der Waals surface area contributed by atoms with Crippen LogP contribution in [-0.2, 0) is 21.3 Å². The first-order chi connectivity index (χ1) is 17.4. The van der Waals surface area contributed by atoms with Crippen LogP contribution in [0.5, 0.6) is 0 Å². The number of carbonyl (C=O) groups excluding carboxylic acids is 3. The molecule has 0 spiro atoms. The highest BCUT2D eigenvalue weighted by atomic mass is 16.5. The van der Waals surface area contributed by atoms with Gasteiger partial charge >= 0.3 is 11.9 Å².